The van der Waals surface area contributed by atoms with E-state index in [0.29, 0.717) is 0 Å². The lowest BCUT2D eigenvalue weighted by molar-refractivity contribution is 0.580. The maximum atomic E-state index is 6.07. The SMILES string of the molecule is CNC(Cc1cn(C)nn1)c1cc(Cl)ccc1C. The number of hydrogen-bond acceptors (Lipinski definition) is 3. The molecule has 0 radical (unpaired) electrons. The van der Waals surface area contributed by atoms with Crippen LogP contribution in [0.25, 0.3) is 0 Å². The minimum atomic E-state index is 0.195. The summed E-state index contributed by atoms with van der Waals surface area (Å²) in [4.78, 5) is 0. The molecule has 0 aliphatic rings. The van der Waals surface area contributed by atoms with E-state index in [9.17, 15) is 0 Å². The first-order chi connectivity index (χ1) is 8.60. The van der Waals surface area contributed by atoms with Crippen molar-refractivity contribution in [3.63, 3.8) is 0 Å². The second kappa shape index (κ2) is 5.50. The van der Waals surface area contributed by atoms with Crippen LogP contribution in [-0.2, 0) is 13.5 Å². The number of nitrogens with zero attached hydrogens (tertiary/aromatic N) is 3. The molecule has 1 atom stereocenters. The molecule has 4 nitrogen and oxygen atoms in total. The van der Waals surface area contributed by atoms with E-state index in [1.807, 2.05) is 38.5 Å². The topological polar surface area (TPSA) is 42.7 Å². The molecular weight excluding hydrogens is 248 g/mol. The van der Waals surface area contributed by atoms with Crippen molar-refractivity contribution in [2.24, 2.45) is 7.05 Å². The Morgan fingerprint density at radius 3 is 2.83 bits per heavy atom. The predicted octanol–water partition coefficient (Wildman–Crippen LogP) is 2.28. The van der Waals surface area contributed by atoms with Crippen molar-refractivity contribution in [1.29, 1.82) is 0 Å². The standard InChI is InChI=1S/C13H17ClN4/c1-9-4-5-10(14)6-12(9)13(15-2)7-11-8-18(3)17-16-11/h4-6,8,13,15H,7H2,1-3H3. The first-order valence-electron chi connectivity index (χ1n) is 5.88. The maximum Gasteiger partial charge on any atom is 0.0845 e. The van der Waals surface area contributed by atoms with E-state index < -0.39 is 0 Å². The molecule has 5 heteroatoms. The average molecular weight is 265 g/mol. The van der Waals surface area contributed by atoms with Gasteiger partial charge in [0.05, 0.1) is 5.69 Å². The van der Waals surface area contributed by atoms with Crippen LogP contribution >= 0.6 is 11.6 Å². The third-order valence-electron chi connectivity index (χ3n) is 3.03. The lowest BCUT2D eigenvalue weighted by Gasteiger charge is -2.18. The quantitative estimate of drug-likeness (QED) is 0.921. The number of benzene rings is 1. The van der Waals surface area contributed by atoms with Crippen LogP contribution in [0.2, 0.25) is 5.02 Å². The second-order valence-corrected chi connectivity index (χ2v) is 4.87. The van der Waals surface area contributed by atoms with E-state index in [0.717, 1.165) is 17.1 Å². The molecule has 2 aromatic rings. The third-order valence-corrected chi connectivity index (χ3v) is 3.26. The Morgan fingerprint density at radius 2 is 2.22 bits per heavy atom. The van der Waals surface area contributed by atoms with Gasteiger partial charge in [-0.15, -0.1) is 5.10 Å². The highest BCUT2D eigenvalue weighted by Crippen LogP contribution is 2.24. The van der Waals surface area contributed by atoms with Gasteiger partial charge in [-0.25, -0.2) is 0 Å². The average Bonchev–Trinajstić information content (AvgIpc) is 2.75. The van der Waals surface area contributed by atoms with E-state index >= 15 is 0 Å². The summed E-state index contributed by atoms with van der Waals surface area (Å²) < 4.78 is 1.72. The molecule has 0 aliphatic carbocycles. The van der Waals surface area contributed by atoms with Gasteiger partial charge in [-0.1, -0.05) is 22.9 Å². The molecular formula is C13H17ClN4. The number of aromatic nitrogens is 3. The number of hydrogen-bond donors (Lipinski definition) is 1. The minimum Gasteiger partial charge on any atom is -0.313 e. The van der Waals surface area contributed by atoms with Crippen LogP contribution in [0.3, 0.4) is 0 Å². The lowest BCUT2D eigenvalue weighted by Crippen LogP contribution is -2.20. The van der Waals surface area contributed by atoms with Gasteiger partial charge in [-0.2, -0.15) is 0 Å². The Balaban J connectivity index is 2.25. The van der Waals surface area contributed by atoms with Gasteiger partial charge in [0.1, 0.15) is 0 Å². The van der Waals surface area contributed by atoms with Crippen LogP contribution in [0.15, 0.2) is 24.4 Å². The van der Waals surface area contributed by atoms with Crippen LogP contribution in [0, 0.1) is 6.92 Å². The van der Waals surface area contributed by atoms with Gasteiger partial charge in [-0.3, -0.25) is 4.68 Å². The summed E-state index contributed by atoms with van der Waals surface area (Å²) in [5.74, 6) is 0. The fourth-order valence-electron chi connectivity index (χ4n) is 2.05. The van der Waals surface area contributed by atoms with Crippen molar-refractivity contribution in [2.75, 3.05) is 7.05 Å². The highest BCUT2D eigenvalue weighted by atomic mass is 35.5. The van der Waals surface area contributed by atoms with Crippen molar-refractivity contribution in [3.05, 3.63) is 46.2 Å². The van der Waals surface area contributed by atoms with Gasteiger partial charge in [0.25, 0.3) is 0 Å². The Hall–Kier alpha value is -1.39. The zero-order valence-corrected chi connectivity index (χ0v) is 11.6. The lowest BCUT2D eigenvalue weighted by atomic mass is 9.98. The Morgan fingerprint density at radius 1 is 1.44 bits per heavy atom. The van der Waals surface area contributed by atoms with Crippen molar-refractivity contribution < 1.29 is 0 Å². The van der Waals surface area contributed by atoms with Gasteiger partial charge in [-0.05, 0) is 37.2 Å². The molecule has 2 rings (SSSR count). The number of nitrogens with one attached hydrogen (secondary N) is 1. The fourth-order valence-corrected chi connectivity index (χ4v) is 2.23. The number of aryl methyl sites for hydroxylation is 2. The molecule has 1 heterocycles. The van der Waals surface area contributed by atoms with Crippen LogP contribution < -0.4 is 5.32 Å². The van der Waals surface area contributed by atoms with Crippen LogP contribution in [0.1, 0.15) is 22.9 Å². The smallest absolute Gasteiger partial charge is 0.0845 e. The van der Waals surface area contributed by atoms with Gasteiger partial charge in [0.2, 0.25) is 0 Å². The number of likely N-dealkylation sites (N-methyl/N-ethyl adjacent to an activating group) is 1. The molecule has 0 amide bonds. The Labute approximate surface area is 112 Å². The Kier molecular flexibility index (Phi) is 3.99. The van der Waals surface area contributed by atoms with Crippen molar-refractivity contribution in [3.8, 4) is 0 Å². The third kappa shape index (κ3) is 2.89. The summed E-state index contributed by atoms with van der Waals surface area (Å²) in [6, 6.07) is 6.16. The highest BCUT2D eigenvalue weighted by molar-refractivity contribution is 6.30. The monoisotopic (exact) mass is 264 g/mol. The number of rotatable bonds is 4. The molecule has 1 aromatic carbocycles. The van der Waals surface area contributed by atoms with E-state index in [4.69, 9.17) is 11.6 Å². The zero-order valence-electron chi connectivity index (χ0n) is 10.8. The number of halogens is 1. The fraction of sp³-hybridized carbons (Fsp3) is 0.385. The summed E-state index contributed by atoms with van der Waals surface area (Å²) in [5, 5.41) is 12.1. The molecule has 1 unspecified atom stereocenters. The largest absolute Gasteiger partial charge is 0.313 e. The molecule has 0 aliphatic heterocycles. The summed E-state index contributed by atoms with van der Waals surface area (Å²) >= 11 is 6.07. The predicted molar refractivity (Wildman–Crippen MR) is 72.7 cm³/mol. The van der Waals surface area contributed by atoms with E-state index in [2.05, 4.69) is 22.6 Å². The van der Waals surface area contributed by atoms with Crippen LogP contribution in [0.5, 0.6) is 0 Å². The normalized spacial score (nSPS) is 12.7. The van der Waals surface area contributed by atoms with Crippen LogP contribution in [0.4, 0.5) is 0 Å². The molecule has 0 saturated heterocycles. The first kappa shape index (κ1) is 13.1. The van der Waals surface area contributed by atoms with Gasteiger partial charge in [0, 0.05) is 30.7 Å². The van der Waals surface area contributed by atoms with E-state index in [1.54, 1.807) is 4.68 Å². The van der Waals surface area contributed by atoms with E-state index in [-0.39, 0.29) is 6.04 Å². The second-order valence-electron chi connectivity index (χ2n) is 4.43. The zero-order chi connectivity index (χ0) is 13.1. The molecule has 0 bridgehead atoms. The van der Waals surface area contributed by atoms with Gasteiger partial charge in [0.15, 0.2) is 0 Å². The summed E-state index contributed by atoms with van der Waals surface area (Å²) in [5.41, 5.74) is 3.40. The Bertz CT molecular complexity index is 536. The maximum absolute atomic E-state index is 6.07. The molecule has 96 valence electrons. The molecule has 0 spiro atoms. The van der Waals surface area contributed by atoms with E-state index in [1.165, 1.54) is 11.1 Å². The van der Waals surface area contributed by atoms with Crippen molar-refractivity contribution >= 4 is 11.6 Å². The summed E-state index contributed by atoms with van der Waals surface area (Å²) in [6.07, 6.45) is 2.73. The van der Waals surface area contributed by atoms with Crippen molar-refractivity contribution in [2.45, 2.75) is 19.4 Å². The molecule has 1 N–H and O–H groups in total. The summed E-state index contributed by atoms with van der Waals surface area (Å²) in [7, 11) is 3.82. The summed E-state index contributed by atoms with van der Waals surface area (Å²) in [6.45, 7) is 2.09. The molecule has 18 heavy (non-hydrogen) atoms. The highest BCUT2D eigenvalue weighted by Gasteiger charge is 2.14. The molecule has 0 saturated carbocycles. The van der Waals surface area contributed by atoms with Crippen LogP contribution in [-0.4, -0.2) is 22.0 Å². The minimum absolute atomic E-state index is 0.195. The molecule has 0 fully saturated rings. The molecule has 1 aromatic heterocycles. The first-order valence-corrected chi connectivity index (χ1v) is 6.26. The van der Waals surface area contributed by atoms with Gasteiger partial charge >= 0.3 is 0 Å². The van der Waals surface area contributed by atoms with Gasteiger partial charge < -0.3 is 5.32 Å². The van der Waals surface area contributed by atoms with Crippen molar-refractivity contribution in [1.82, 2.24) is 20.3 Å².